The first-order valence-corrected chi connectivity index (χ1v) is 8.30. The molecule has 1 amide bonds. The Morgan fingerprint density at radius 2 is 2.17 bits per heavy atom. The maximum atomic E-state index is 12.4. The maximum absolute atomic E-state index is 12.4. The summed E-state index contributed by atoms with van der Waals surface area (Å²) < 4.78 is 11.1. The highest BCUT2D eigenvalue weighted by Gasteiger charge is 2.24. The Kier molecular flexibility index (Phi) is 6.28. The second-order valence-electron chi connectivity index (χ2n) is 6.66. The van der Waals surface area contributed by atoms with Crippen molar-refractivity contribution in [2.75, 3.05) is 39.2 Å². The highest BCUT2D eigenvalue weighted by molar-refractivity contribution is 5.93. The number of nitrogens with one attached hydrogen (secondary N) is 1. The van der Waals surface area contributed by atoms with Gasteiger partial charge in [0, 0.05) is 18.3 Å². The van der Waals surface area contributed by atoms with E-state index in [4.69, 9.17) is 9.47 Å². The van der Waals surface area contributed by atoms with Crippen LogP contribution >= 0.6 is 0 Å². The minimum absolute atomic E-state index is 0.0517. The van der Waals surface area contributed by atoms with Crippen LogP contribution in [0.15, 0.2) is 18.2 Å². The van der Waals surface area contributed by atoms with Crippen LogP contribution in [0.5, 0.6) is 11.5 Å². The molecule has 1 aliphatic rings. The Bertz CT molecular complexity index is 531. The number of carbonyl (C=O) groups excluding carboxylic acids is 1. The SMILES string of the molecule is COc1ccc(NC(=O)[C@@H]2CCCN(C)C2)cc1OCC(C)C. The number of ether oxygens (including phenoxy) is 2. The van der Waals surface area contributed by atoms with E-state index < -0.39 is 0 Å². The third kappa shape index (κ3) is 5.13. The molecule has 0 radical (unpaired) electrons. The standard InChI is InChI=1S/C18H28N2O3/c1-13(2)12-23-17-10-15(7-8-16(17)22-4)19-18(21)14-6-5-9-20(3)11-14/h7-8,10,13-14H,5-6,9,11-12H2,1-4H3,(H,19,21)/t14-/m1/s1. The molecule has 0 saturated carbocycles. The number of hydrogen-bond donors (Lipinski definition) is 1. The summed E-state index contributed by atoms with van der Waals surface area (Å²) in [4.78, 5) is 14.6. The number of nitrogens with zero attached hydrogens (tertiary/aromatic N) is 1. The van der Waals surface area contributed by atoms with Crippen LogP contribution in [0.1, 0.15) is 26.7 Å². The van der Waals surface area contributed by atoms with E-state index in [1.165, 1.54) is 0 Å². The van der Waals surface area contributed by atoms with E-state index in [-0.39, 0.29) is 11.8 Å². The number of hydrogen-bond acceptors (Lipinski definition) is 4. The predicted molar refractivity (Wildman–Crippen MR) is 92.2 cm³/mol. The molecule has 5 heteroatoms. The fourth-order valence-corrected chi connectivity index (χ4v) is 2.75. The van der Waals surface area contributed by atoms with Crippen molar-refractivity contribution in [3.8, 4) is 11.5 Å². The van der Waals surface area contributed by atoms with Crippen LogP contribution < -0.4 is 14.8 Å². The number of amides is 1. The average molecular weight is 320 g/mol. The number of anilines is 1. The first kappa shape index (κ1) is 17.6. The zero-order chi connectivity index (χ0) is 16.8. The Balaban J connectivity index is 2.04. The topological polar surface area (TPSA) is 50.8 Å². The lowest BCUT2D eigenvalue weighted by atomic mass is 9.97. The summed E-state index contributed by atoms with van der Waals surface area (Å²) in [5, 5.41) is 3.01. The highest BCUT2D eigenvalue weighted by atomic mass is 16.5. The molecule has 23 heavy (non-hydrogen) atoms. The van der Waals surface area contributed by atoms with Crippen molar-refractivity contribution < 1.29 is 14.3 Å². The number of likely N-dealkylation sites (tertiary alicyclic amines) is 1. The van der Waals surface area contributed by atoms with Crippen molar-refractivity contribution in [1.29, 1.82) is 0 Å². The van der Waals surface area contributed by atoms with Gasteiger partial charge in [-0.2, -0.15) is 0 Å². The zero-order valence-electron chi connectivity index (χ0n) is 14.6. The lowest BCUT2D eigenvalue weighted by Crippen LogP contribution is -2.38. The Morgan fingerprint density at radius 1 is 1.39 bits per heavy atom. The molecule has 1 heterocycles. The molecule has 2 rings (SSSR count). The Labute approximate surface area is 139 Å². The lowest BCUT2D eigenvalue weighted by molar-refractivity contribution is -0.121. The summed E-state index contributed by atoms with van der Waals surface area (Å²) in [6.45, 7) is 6.69. The van der Waals surface area contributed by atoms with Crippen molar-refractivity contribution in [3.63, 3.8) is 0 Å². The summed E-state index contributed by atoms with van der Waals surface area (Å²) in [5.74, 6) is 1.91. The molecule has 1 aromatic rings. The van der Waals surface area contributed by atoms with Gasteiger partial charge in [-0.15, -0.1) is 0 Å². The van der Waals surface area contributed by atoms with E-state index in [0.29, 0.717) is 24.0 Å². The smallest absolute Gasteiger partial charge is 0.228 e. The van der Waals surface area contributed by atoms with Gasteiger partial charge in [-0.3, -0.25) is 4.79 Å². The number of benzene rings is 1. The summed E-state index contributed by atoms with van der Waals surface area (Å²) in [6, 6.07) is 5.52. The summed E-state index contributed by atoms with van der Waals surface area (Å²) >= 11 is 0. The van der Waals surface area contributed by atoms with Crippen LogP contribution in [-0.2, 0) is 4.79 Å². The van der Waals surface area contributed by atoms with E-state index in [1.807, 2.05) is 18.2 Å². The van der Waals surface area contributed by atoms with Crippen LogP contribution in [0, 0.1) is 11.8 Å². The molecule has 5 nitrogen and oxygen atoms in total. The van der Waals surface area contributed by atoms with E-state index >= 15 is 0 Å². The molecule has 1 aromatic carbocycles. The van der Waals surface area contributed by atoms with Gasteiger partial charge in [-0.1, -0.05) is 13.8 Å². The van der Waals surface area contributed by atoms with Gasteiger partial charge in [0.1, 0.15) is 0 Å². The van der Waals surface area contributed by atoms with Gasteiger partial charge in [-0.05, 0) is 44.5 Å². The predicted octanol–water partition coefficient (Wildman–Crippen LogP) is 3.01. The van der Waals surface area contributed by atoms with Gasteiger partial charge in [0.15, 0.2) is 11.5 Å². The quantitative estimate of drug-likeness (QED) is 0.875. The van der Waals surface area contributed by atoms with E-state index in [9.17, 15) is 4.79 Å². The second-order valence-corrected chi connectivity index (χ2v) is 6.66. The molecule has 1 saturated heterocycles. The third-order valence-corrected chi connectivity index (χ3v) is 4.00. The van der Waals surface area contributed by atoms with Gasteiger partial charge in [-0.25, -0.2) is 0 Å². The van der Waals surface area contributed by atoms with Gasteiger partial charge in [0.05, 0.1) is 19.6 Å². The molecule has 0 bridgehead atoms. The molecule has 1 N–H and O–H groups in total. The average Bonchev–Trinajstić information content (AvgIpc) is 2.53. The molecular weight excluding hydrogens is 292 g/mol. The molecule has 0 aliphatic carbocycles. The van der Waals surface area contributed by atoms with Gasteiger partial charge >= 0.3 is 0 Å². The maximum Gasteiger partial charge on any atom is 0.228 e. The largest absolute Gasteiger partial charge is 0.493 e. The molecule has 1 atom stereocenters. The van der Waals surface area contributed by atoms with Gasteiger partial charge in [0.2, 0.25) is 5.91 Å². The fraction of sp³-hybridized carbons (Fsp3) is 0.611. The second kappa shape index (κ2) is 8.20. The Hall–Kier alpha value is -1.75. The number of piperidine rings is 1. The summed E-state index contributed by atoms with van der Waals surface area (Å²) in [7, 11) is 3.68. The van der Waals surface area contributed by atoms with Crippen molar-refractivity contribution >= 4 is 11.6 Å². The molecule has 0 aromatic heterocycles. The molecule has 1 aliphatic heterocycles. The van der Waals surface area contributed by atoms with Crippen LogP contribution in [0.3, 0.4) is 0 Å². The molecule has 0 unspecified atom stereocenters. The third-order valence-electron chi connectivity index (χ3n) is 4.00. The van der Waals surface area contributed by atoms with Crippen molar-refractivity contribution in [2.45, 2.75) is 26.7 Å². The first-order valence-electron chi connectivity index (χ1n) is 8.30. The summed E-state index contributed by atoms with van der Waals surface area (Å²) in [5.41, 5.74) is 0.753. The molecule has 1 fully saturated rings. The van der Waals surface area contributed by atoms with Gasteiger partial charge in [0.25, 0.3) is 0 Å². The lowest BCUT2D eigenvalue weighted by Gasteiger charge is -2.28. The van der Waals surface area contributed by atoms with E-state index in [2.05, 4.69) is 31.1 Å². The molecule has 0 spiro atoms. The summed E-state index contributed by atoms with van der Waals surface area (Å²) in [6.07, 6.45) is 2.02. The minimum Gasteiger partial charge on any atom is -0.493 e. The number of methoxy groups -OCH3 is 1. The van der Waals surface area contributed by atoms with Crippen molar-refractivity contribution in [1.82, 2.24) is 4.90 Å². The zero-order valence-corrected chi connectivity index (χ0v) is 14.6. The van der Waals surface area contributed by atoms with Crippen molar-refractivity contribution in [3.05, 3.63) is 18.2 Å². The monoisotopic (exact) mass is 320 g/mol. The Morgan fingerprint density at radius 3 is 2.83 bits per heavy atom. The van der Waals surface area contributed by atoms with Crippen LogP contribution in [-0.4, -0.2) is 44.7 Å². The minimum atomic E-state index is 0.0517. The normalized spacial score (nSPS) is 18.7. The van der Waals surface area contributed by atoms with Gasteiger partial charge < -0.3 is 19.7 Å². The number of rotatable bonds is 6. The van der Waals surface area contributed by atoms with Crippen LogP contribution in [0.4, 0.5) is 5.69 Å². The molecule has 128 valence electrons. The molecular formula is C18H28N2O3. The first-order chi connectivity index (χ1) is 11.0. The highest BCUT2D eigenvalue weighted by Crippen LogP contribution is 2.31. The fourth-order valence-electron chi connectivity index (χ4n) is 2.75. The van der Waals surface area contributed by atoms with Crippen LogP contribution in [0.2, 0.25) is 0 Å². The number of carbonyl (C=O) groups is 1. The van der Waals surface area contributed by atoms with Crippen LogP contribution in [0.25, 0.3) is 0 Å². The van der Waals surface area contributed by atoms with E-state index in [0.717, 1.165) is 31.6 Å². The van der Waals surface area contributed by atoms with Crippen molar-refractivity contribution in [2.24, 2.45) is 11.8 Å². The van der Waals surface area contributed by atoms with E-state index in [1.54, 1.807) is 7.11 Å².